The number of rotatable bonds is 3. The summed E-state index contributed by atoms with van der Waals surface area (Å²) in [5.74, 6) is 0.741. The number of carbonyl (C=O) groups excluding carboxylic acids is 1. The molecule has 1 fully saturated rings. The number of carbonyl (C=O) groups is 1. The number of hydrogen-bond acceptors (Lipinski definition) is 5. The number of benzene rings is 1. The van der Waals surface area contributed by atoms with Crippen molar-refractivity contribution in [2.24, 2.45) is 0 Å². The first kappa shape index (κ1) is 16.6. The number of fused-ring (bicyclic) bond motifs is 1. The summed E-state index contributed by atoms with van der Waals surface area (Å²) >= 11 is 0. The van der Waals surface area contributed by atoms with Gasteiger partial charge in [0, 0.05) is 27.2 Å². The summed E-state index contributed by atoms with van der Waals surface area (Å²) in [5.41, 5.74) is 1.54. The van der Waals surface area contributed by atoms with Gasteiger partial charge in [0.15, 0.2) is 5.82 Å². The molecule has 1 N–H and O–H groups in total. The van der Waals surface area contributed by atoms with E-state index in [0.717, 1.165) is 35.5 Å². The number of nitrogens with zero attached hydrogens (tertiary/aromatic N) is 4. The second kappa shape index (κ2) is 6.36. The molecule has 6 nitrogen and oxygen atoms in total. The second-order valence-electron chi connectivity index (χ2n) is 6.84. The van der Waals surface area contributed by atoms with Crippen molar-refractivity contribution in [3.05, 3.63) is 30.0 Å². The van der Waals surface area contributed by atoms with Crippen LogP contribution in [-0.4, -0.2) is 58.7 Å². The molecule has 2 heterocycles. The Morgan fingerprint density at radius 3 is 2.62 bits per heavy atom. The second-order valence-corrected chi connectivity index (χ2v) is 6.84. The number of piperidine rings is 1. The lowest BCUT2D eigenvalue weighted by Crippen LogP contribution is -2.51. The zero-order valence-corrected chi connectivity index (χ0v) is 14.5. The number of aromatic nitrogens is 2. The van der Waals surface area contributed by atoms with Gasteiger partial charge in [0.05, 0.1) is 28.7 Å². The van der Waals surface area contributed by atoms with Gasteiger partial charge in [-0.1, -0.05) is 12.1 Å². The van der Waals surface area contributed by atoms with E-state index in [1.165, 1.54) is 4.90 Å². The molecule has 0 aliphatic carbocycles. The molecule has 1 amide bonds. The van der Waals surface area contributed by atoms with Gasteiger partial charge in [0.25, 0.3) is 0 Å². The van der Waals surface area contributed by atoms with Crippen LogP contribution in [0.5, 0.6) is 0 Å². The van der Waals surface area contributed by atoms with Crippen molar-refractivity contribution in [3.8, 4) is 0 Å². The molecule has 128 valence electrons. The highest BCUT2D eigenvalue weighted by Gasteiger charge is 2.36. The first-order valence-electron chi connectivity index (χ1n) is 8.29. The topological polar surface area (TPSA) is 69.6 Å². The van der Waals surface area contributed by atoms with E-state index >= 15 is 0 Å². The molecule has 24 heavy (non-hydrogen) atoms. The molecule has 0 radical (unpaired) electrons. The minimum atomic E-state index is -1.01. The Hall–Kier alpha value is -2.21. The van der Waals surface area contributed by atoms with Gasteiger partial charge in [0.2, 0.25) is 5.91 Å². The highest BCUT2D eigenvalue weighted by atomic mass is 16.3. The third-order valence-electron chi connectivity index (χ3n) is 4.55. The molecular weight excluding hydrogens is 304 g/mol. The Kier molecular flexibility index (Phi) is 4.41. The standard InChI is InChI=1S/C18H24N4O2/c1-13-17(20-15-8-5-4-7-14(15)19-13)22-10-6-9-18(24,12-22)11-16(23)21(2)3/h4-5,7-8,24H,6,9-12H2,1-3H3. The molecule has 2 aromatic rings. The summed E-state index contributed by atoms with van der Waals surface area (Å²) in [4.78, 5) is 25.0. The maximum Gasteiger partial charge on any atom is 0.225 e. The number of hydrogen-bond donors (Lipinski definition) is 1. The van der Waals surface area contributed by atoms with Crippen molar-refractivity contribution in [1.82, 2.24) is 14.9 Å². The average Bonchev–Trinajstić information content (AvgIpc) is 2.53. The third-order valence-corrected chi connectivity index (χ3v) is 4.55. The van der Waals surface area contributed by atoms with Crippen LogP contribution in [0.25, 0.3) is 11.0 Å². The van der Waals surface area contributed by atoms with E-state index in [0.29, 0.717) is 13.0 Å². The molecule has 1 saturated heterocycles. The van der Waals surface area contributed by atoms with E-state index in [-0.39, 0.29) is 12.3 Å². The predicted octanol–water partition coefficient (Wildman–Crippen LogP) is 1.75. The normalized spacial score (nSPS) is 21.1. The molecule has 0 spiro atoms. The van der Waals surface area contributed by atoms with E-state index in [4.69, 9.17) is 4.98 Å². The molecule has 0 bridgehead atoms. The minimum Gasteiger partial charge on any atom is -0.388 e. The molecule has 1 aromatic carbocycles. The van der Waals surface area contributed by atoms with Crippen molar-refractivity contribution in [2.75, 3.05) is 32.1 Å². The molecule has 1 atom stereocenters. The largest absolute Gasteiger partial charge is 0.388 e. The number of anilines is 1. The maximum absolute atomic E-state index is 12.0. The summed E-state index contributed by atoms with van der Waals surface area (Å²) < 4.78 is 0. The van der Waals surface area contributed by atoms with Crippen LogP contribution in [0.15, 0.2) is 24.3 Å². The zero-order valence-electron chi connectivity index (χ0n) is 14.5. The van der Waals surface area contributed by atoms with Crippen LogP contribution in [0.4, 0.5) is 5.82 Å². The molecular formula is C18H24N4O2. The Morgan fingerprint density at radius 2 is 1.96 bits per heavy atom. The first-order chi connectivity index (χ1) is 11.4. The number of amides is 1. The summed E-state index contributed by atoms with van der Waals surface area (Å²) in [5, 5.41) is 10.9. The molecule has 1 aromatic heterocycles. The monoisotopic (exact) mass is 328 g/mol. The van der Waals surface area contributed by atoms with Crippen LogP contribution in [0.2, 0.25) is 0 Å². The molecule has 3 rings (SSSR count). The van der Waals surface area contributed by atoms with Crippen LogP contribution in [-0.2, 0) is 4.79 Å². The SMILES string of the molecule is Cc1nc2ccccc2nc1N1CCCC(O)(CC(=O)N(C)C)C1. The van der Waals surface area contributed by atoms with Gasteiger partial charge < -0.3 is 14.9 Å². The van der Waals surface area contributed by atoms with E-state index in [1.54, 1.807) is 14.1 Å². The van der Waals surface area contributed by atoms with Crippen LogP contribution >= 0.6 is 0 Å². The van der Waals surface area contributed by atoms with Crippen LogP contribution < -0.4 is 4.90 Å². The Labute approximate surface area is 142 Å². The molecule has 0 saturated carbocycles. The number of aryl methyl sites for hydroxylation is 1. The number of β-amino-alcohol motifs (C(OH)–C–C–N with tert-alkyl or cyclic N) is 1. The Bertz CT molecular complexity index is 762. The van der Waals surface area contributed by atoms with Gasteiger partial charge >= 0.3 is 0 Å². The number of aliphatic hydroxyl groups is 1. The quantitative estimate of drug-likeness (QED) is 0.929. The summed E-state index contributed by atoms with van der Waals surface area (Å²) in [7, 11) is 3.43. The van der Waals surface area contributed by atoms with Crippen molar-refractivity contribution in [1.29, 1.82) is 0 Å². The van der Waals surface area contributed by atoms with Gasteiger partial charge in [-0.05, 0) is 31.9 Å². The molecule has 1 unspecified atom stereocenters. The highest BCUT2D eigenvalue weighted by Crippen LogP contribution is 2.30. The van der Waals surface area contributed by atoms with Crippen LogP contribution in [0.3, 0.4) is 0 Å². The number of para-hydroxylation sites is 2. The van der Waals surface area contributed by atoms with Gasteiger partial charge in [-0.25, -0.2) is 9.97 Å². The fraction of sp³-hybridized carbons (Fsp3) is 0.500. The Balaban J connectivity index is 1.87. The predicted molar refractivity (Wildman–Crippen MR) is 94.0 cm³/mol. The fourth-order valence-corrected chi connectivity index (χ4v) is 3.26. The van der Waals surface area contributed by atoms with Crippen molar-refractivity contribution in [2.45, 2.75) is 31.8 Å². The zero-order chi connectivity index (χ0) is 17.3. The van der Waals surface area contributed by atoms with Gasteiger partial charge in [-0.2, -0.15) is 0 Å². The smallest absolute Gasteiger partial charge is 0.225 e. The third kappa shape index (κ3) is 3.33. The van der Waals surface area contributed by atoms with Crippen molar-refractivity contribution < 1.29 is 9.90 Å². The first-order valence-corrected chi connectivity index (χ1v) is 8.29. The summed E-state index contributed by atoms with van der Waals surface area (Å²) in [6.45, 7) is 3.15. The Morgan fingerprint density at radius 1 is 1.29 bits per heavy atom. The minimum absolute atomic E-state index is 0.0549. The van der Waals surface area contributed by atoms with Gasteiger partial charge in [0.1, 0.15) is 0 Å². The lowest BCUT2D eigenvalue weighted by Gasteiger charge is -2.40. The summed E-state index contributed by atoms with van der Waals surface area (Å²) in [6.07, 6.45) is 1.59. The van der Waals surface area contributed by atoms with E-state index in [2.05, 4.69) is 9.88 Å². The van der Waals surface area contributed by atoms with E-state index in [1.807, 2.05) is 31.2 Å². The van der Waals surface area contributed by atoms with Crippen molar-refractivity contribution >= 4 is 22.8 Å². The van der Waals surface area contributed by atoms with Gasteiger partial charge in [-0.3, -0.25) is 4.79 Å². The van der Waals surface area contributed by atoms with Crippen LogP contribution in [0.1, 0.15) is 25.0 Å². The van der Waals surface area contributed by atoms with Crippen LogP contribution in [0, 0.1) is 6.92 Å². The maximum atomic E-state index is 12.0. The van der Waals surface area contributed by atoms with E-state index < -0.39 is 5.60 Å². The lowest BCUT2D eigenvalue weighted by atomic mass is 9.89. The lowest BCUT2D eigenvalue weighted by molar-refractivity contribution is -0.134. The molecule has 6 heteroatoms. The highest BCUT2D eigenvalue weighted by molar-refractivity contribution is 5.77. The summed E-state index contributed by atoms with van der Waals surface area (Å²) in [6, 6.07) is 7.78. The molecule has 1 aliphatic rings. The fourth-order valence-electron chi connectivity index (χ4n) is 3.26. The van der Waals surface area contributed by atoms with E-state index in [9.17, 15) is 9.90 Å². The van der Waals surface area contributed by atoms with Crippen molar-refractivity contribution in [3.63, 3.8) is 0 Å². The molecule has 1 aliphatic heterocycles. The van der Waals surface area contributed by atoms with Gasteiger partial charge in [-0.15, -0.1) is 0 Å². The average molecular weight is 328 g/mol.